The highest BCUT2D eigenvalue weighted by Gasteiger charge is 2.19. The molecule has 0 heterocycles. The van der Waals surface area contributed by atoms with E-state index in [1.54, 1.807) is 13.4 Å². The average Bonchev–Trinajstić information content (AvgIpc) is 3.76. The molecular formula is C81H156N2O10. The largest absolute Gasteiger partial charge is 0.505 e. The molecule has 2 N–H and O–H groups in total. The van der Waals surface area contributed by atoms with Gasteiger partial charge in [-0.25, -0.2) is 0 Å². The van der Waals surface area contributed by atoms with Crippen LogP contribution in [0.5, 0.6) is 0 Å². The van der Waals surface area contributed by atoms with Crippen LogP contribution in [0.1, 0.15) is 420 Å². The van der Waals surface area contributed by atoms with Crippen LogP contribution in [-0.4, -0.2) is 87.9 Å². The second-order valence-electron chi connectivity index (χ2n) is 27.5. The SMILES string of the molecule is CCCCCCCCCCCCCC(=O)N[C@@H](/C=C/OC)COCC[C@@H](CCCCCCC)OC(=O)CCCCCCCCCCC.CCCCCCCCCCCCCC(=O)N[C@@H](CC=O)COCC[C@@H](CCCCCCC)OC(=O)CCCCCCCCCCC. The third-order valence-electron chi connectivity index (χ3n) is 18.2. The molecule has 93 heavy (non-hydrogen) atoms. The lowest BCUT2D eigenvalue weighted by atomic mass is 10.1. The molecule has 0 saturated carbocycles. The Labute approximate surface area is 576 Å². The highest BCUT2D eigenvalue weighted by Crippen LogP contribution is 2.20. The molecule has 0 radical (unpaired) electrons. The van der Waals surface area contributed by atoms with Crippen LogP contribution < -0.4 is 10.6 Å². The number of carbonyl (C=O) groups is 5. The molecule has 12 nitrogen and oxygen atoms in total. The minimum Gasteiger partial charge on any atom is -0.505 e. The van der Waals surface area contributed by atoms with E-state index in [1.165, 1.54) is 250 Å². The molecule has 0 aliphatic rings. The van der Waals surface area contributed by atoms with E-state index < -0.39 is 0 Å². The lowest BCUT2D eigenvalue weighted by Crippen LogP contribution is -2.38. The number of amides is 2. The van der Waals surface area contributed by atoms with Crippen LogP contribution in [0.15, 0.2) is 12.3 Å². The number of esters is 2. The van der Waals surface area contributed by atoms with Crippen molar-refractivity contribution in [2.24, 2.45) is 0 Å². The van der Waals surface area contributed by atoms with E-state index in [1.807, 2.05) is 6.08 Å². The van der Waals surface area contributed by atoms with Crippen LogP contribution in [0.2, 0.25) is 0 Å². The number of ether oxygens (including phenoxy) is 5. The predicted molar refractivity (Wildman–Crippen MR) is 394 cm³/mol. The molecule has 0 saturated heterocycles. The Hall–Kier alpha value is -2.99. The van der Waals surface area contributed by atoms with E-state index in [-0.39, 0.29) is 54.5 Å². The van der Waals surface area contributed by atoms with E-state index >= 15 is 0 Å². The fourth-order valence-corrected chi connectivity index (χ4v) is 12.1. The Morgan fingerprint density at radius 2 is 0.613 bits per heavy atom. The molecule has 0 aromatic heterocycles. The molecular weight excluding hydrogens is 1160 g/mol. The molecule has 0 bridgehead atoms. The molecule has 0 aliphatic heterocycles. The lowest BCUT2D eigenvalue weighted by Gasteiger charge is -2.20. The second kappa shape index (κ2) is 78.0. The summed E-state index contributed by atoms with van der Waals surface area (Å²) in [6, 6.07) is -0.545. The van der Waals surface area contributed by atoms with Gasteiger partial charge in [0.05, 0.1) is 51.9 Å². The molecule has 2 amide bonds. The van der Waals surface area contributed by atoms with Gasteiger partial charge in [-0.1, -0.05) is 324 Å². The Kier molecular flexibility index (Phi) is 77.2. The highest BCUT2D eigenvalue weighted by molar-refractivity contribution is 5.77. The van der Waals surface area contributed by atoms with Crippen molar-refractivity contribution in [3.63, 3.8) is 0 Å². The fraction of sp³-hybridized carbons (Fsp3) is 0.914. The standard InChI is InChI=1S/C41H79NO5.C40H77NO5/c1-5-8-11-14-16-18-19-21-22-25-28-31-40(43)42-38(33-35-45-4)37-46-36-34-39(30-27-24-13-10-7-3)47-41(44)32-29-26-23-20-17-15-12-9-6-2;1-4-7-10-13-15-17-18-20-21-24-27-30-39(43)41-37(32-34-42)36-45-35-33-38(29-26-23-12-9-6-3)46-40(44)31-28-25-22-19-16-14-11-8-5-2/h33,35,38-39H,5-32,34,36-37H2,1-4H3,(H,42,43);34,37-38H,4-33,35-36H2,1-3H3,(H,41,43)/b35-33+;/t38-,39+;37-,38+/m00/s1. The Bertz CT molecular complexity index is 1600. The lowest BCUT2D eigenvalue weighted by molar-refractivity contribution is -0.151. The number of hydrogen-bond donors (Lipinski definition) is 2. The molecule has 0 unspecified atom stereocenters. The van der Waals surface area contributed by atoms with Gasteiger partial charge < -0.3 is 39.1 Å². The van der Waals surface area contributed by atoms with Crippen LogP contribution in [0.4, 0.5) is 0 Å². The van der Waals surface area contributed by atoms with E-state index in [4.69, 9.17) is 23.7 Å². The highest BCUT2D eigenvalue weighted by atomic mass is 16.6. The maximum absolute atomic E-state index is 12.7. The first-order valence-electron chi connectivity index (χ1n) is 40.4. The second-order valence-corrected chi connectivity index (χ2v) is 27.5. The summed E-state index contributed by atoms with van der Waals surface area (Å²) in [4.78, 5) is 61.7. The minimum atomic E-state index is -0.306. The maximum Gasteiger partial charge on any atom is 0.306 e. The number of nitrogens with one attached hydrogen (secondary N) is 2. The van der Waals surface area contributed by atoms with Gasteiger partial charge in [-0.15, -0.1) is 0 Å². The van der Waals surface area contributed by atoms with Crippen LogP contribution in [0, 0.1) is 0 Å². The van der Waals surface area contributed by atoms with Crippen molar-refractivity contribution in [2.45, 2.75) is 445 Å². The molecule has 0 rings (SSSR count). The van der Waals surface area contributed by atoms with Crippen molar-refractivity contribution in [1.29, 1.82) is 0 Å². The van der Waals surface area contributed by atoms with Gasteiger partial charge in [0.2, 0.25) is 11.8 Å². The first-order chi connectivity index (χ1) is 45.6. The van der Waals surface area contributed by atoms with Crippen molar-refractivity contribution < 1.29 is 47.7 Å². The smallest absolute Gasteiger partial charge is 0.306 e. The van der Waals surface area contributed by atoms with Gasteiger partial charge in [0.15, 0.2) is 0 Å². The number of rotatable bonds is 74. The number of carbonyl (C=O) groups excluding carboxylic acids is 5. The van der Waals surface area contributed by atoms with Crippen LogP contribution in [0.25, 0.3) is 0 Å². The van der Waals surface area contributed by atoms with Crippen molar-refractivity contribution in [1.82, 2.24) is 10.6 Å². The van der Waals surface area contributed by atoms with Crippen molar-refractivity contribution in [2.75, 3.05) is 33.5 Å². The number of unbranched alkanes of at least 4 members (excludes halogenated alkanes) is 44. The summed E-state index contributed by atoms with van der Waals surface area (Å²) in [6.45, 7) is 15.1. The Morgan fingerprint density at radius 1 is 0.333 bits per heavy atom. The Morgan fingerprint density at radius 3 is 0.925 bits per heavy atom. The third kappa shape index (κ3) is 73.1. The van der Waals surface area contributed by atoms with Crippen molar-refractivity contribution >= 4 is 30.0 Å². The molecule has 0 aliphatic carbocycles. The Balaban J connectivity index is 0. The normalized spacial score (nSPS) is 12.7. The first kappa shape index (κ1) is 92.1. The fourth-order valence-electron chi connectivity index (χ4n) is 12.1. The quantitative estimate of drug-likeness (QED) is 0.0260. The zero-order valence-corrected chi connectivity index (χ0v) is 62.7. The summed E-state index contributed by atoms with van der Waals surface area (Å²) in [7, 11) is 1.61. The van der Waals surface area contributed by atoms with Crippen molar-refractivity contribution in [3.8, 4) is 0 Å². The molecule has 12 heteroatoms. The van der Waals surface area contributed by atoms with E-state index in [9.17, 15) is 24.0 Å². The van der Waals surface area contributed by atoms with Gasteiger partial charge >= 0.3 is 11.9 Å². The number of methoxy groups -OCH3 is 1. The van der Waals surface area contributed by atoms with Crippen molar-refractivity contribution in [3.05, 3.63) is 12.3 Å². The van der Waals surface area contributed by atoms with Gasteiger partial charge in [0, 0.05) is 44.9 Å². The van der Waals surface area contributed by atoms with Crippen LogP contribution in [-0.2, 0) is 47.7 Å². The molecule has 550 valence electrons. The molecule has 0 spiro atoms. The molecule has 0 aromatic rings. The summed E-state index contributed by atoms with van der Waals surface area (Å²) < 4.78 is 28.9. The minimum absolute atomic E-state index is 0.00162. The van der Waals surface area contributed by atoms with Gasteiger partial charge in [-0.2, -0.15) is 0 Å². The molecule has 0 aromatic carbocycles. The number of aldehydes is 1. The van der Waals surface area contributed by atoms with E-state index in [2.05, 4.69) is 52.2 Å². The zero-order valence-electron chi connectivity index (χ0n) is 62.7. The van der Waals surface area contributed by atoms with Crippen LogP contribution >= 0.6 is 0 Å². The van der Waals surface area contributed by atoms with Gasteiger partial charge in [-0.05, 0) is 57.4 Å². The van der Waals surface area contributed by atoms with Gasteiger partial charge in [0.25, 0.3) is 0 Å². The topological polar surface area (TPSA) is 156 Å². The summed E-state index contributed by atoms with van der Waals surface area (Å²) >= 11 is 0. The van der Waals surface area contributed by atoms with Crippen LogP contribution in [0.3, 0.4) is 0 Å². The van der Waals surface area contributed by atoms with Gasteiger partial charge in [0.1, 0.15) is 18.5 Å². The third-order valence-corrected chi connectivity index (χ3v) is 18.2. The summed E-state index contributed by atoms with van der Waals surface area (Å²) in [6.07, 6.45) is 71.3. The monoisotopic (exact) mass is 1320 g/mol. The average molecular weight is 1320 g/mol. The van der Waals surface area contributed by atoms with E-state index in [0.717, 1.165) is 89.8 Å². The number of hydrogen-bond acceptors (Lipinski definition) is 10. The summed E-state index contributed by atoms with van der Waals surface area (Å²) in [5, 5.41) is 6.09. The maximum atomic E-state index is 12.7. The van der Waals surface area contributed by atoms with E-state index in [0.29, 0.717) is 65.0 Å². The predicted octanol–water partition coefficient (Wildman–Crippen LogP) is 23.3. The molecule has 4 atom stereocenters. The first-order valence-corrected chi connectivity index (χ1v) is 40.4. The summed E-state index contributed by atoms with van der Waals surface area (Å²) in [5.41, 5.74) is 0. The molecule has 0 fully saturated rings. The zero-order chi connectivity index (χ0) is 68.2. The summed E-state index contributed by atoms with van der Waals surface area (Å²) in [5.74, 6) is -0.0931. The van der Waals surface area contributed by atoms with Gasteiger partial charge in [-0.3, -0.25) is 19.2 Å².